The highest BCUT2D eigenvalue weighted by Crippen LogP contribution is 2.22. The van der Waals surface area contributed by atoms with Crippen molar-refractivity contribution in [3.05, 3.63) is 28.8 Å². The number of aliphatic hydroxyl groups is 1. The van der Waals surface area contributed by atoms with Crippen LogP contribution in [-0.2, 0) is 4.79 Å². The molecule has 0 aliphatic carbocycles. The molecule has 0 aromatic heterocycles. The van der Waals surface area contributed by atoms with Crippen molar-refractivity contribution in [1.82, 2.24) is 4.90 Å². The second-order valence-electron chi connectivity index (χ2n) is 5.71. The van der Waals surface area contributed by atoms with E-state index in [4.69, 9.17) is 16.9 Å². The molecule has 0 radical (unpaired) electrons. The smallest absolute Gasteiger partial charge is 0.238 e. The zero-order valence-electron chi connectivity index (χ0n) is 12.6. The number of likely N-dealkylation sites (tertiary alicyclic amines) is 1. The van der Waals surface area contributed by atoms with Crippen LogP contribution in [0.3, 0.4) is 0 Å². The number of amides is 1. The number of benzene rings is 1. The molecule has 5 nitrogen and oxygen atoms in total. The summed E-state index contributed by atoms with van der Waals surface area (Å²) in [5.74, 6) is -0.113. The van der Waals surface area contributed by atoms with Crippen molar-refractivity contribution in [2.45, 2.75) is 38.3 Å². The van der Waals surface area contributed by atoms with Crippen LogP contribution in [0.25, 0.3) is 0 Å². The number of carbonyl (C=O) groups is 1. The third-order valence-corrected chi connectivity index (χ3v) is 4.14. The highest BCUT2D eigenvalue weighted by atomic mass is 35.5. The first-order valence-electron chi connectivity index (χ1n) is 7.41. The van der Waals surface area contributed by atoms with Gasteiger partial charge in [-0.1, -0.05) is 11.6 Å². The molecule has 2 rings (SSSR count). The fraction of sp³-hybridized carbons (Fsp3) is 0.500. The summed E-state index contributed by atoms with van der Waals surface area (Å²) in [6.45, 7) is 2.95. The van der Waals surface area contributed by atoms with Crippen LogP contribution in [0.2, 0.25) is 5.02 Å². The number of rotatable bonds is 5. The molecule has 6 heteroatoms. The Morgan fingerprint density at radius 2 is 2.41 bits per heavy atom. The Morgan fingerprint density at radius 1 is 1.64 bits per heavy atom. The molecule has 118 valence electrons. The lowest BCUT2D eigenvalue weighted by molar-refractivity contribution is -0.117. The summed E-state index contributed by atoms with van der Waals surface area (Å²) in [6, 6.07) is 7.07. The Labute approximate surface area is 135 Å². The highest BCUT2D eigenvalue weighted by molar-refractivity contribution is 6.32. The van der Waals surface area contributed by atoms with Crippen LogP contribution in [0.1, 0.15) is 31.7 Å². The van der Waals surface area contributed by atoms with Gasteiger partial charge in [0.15, 0.2) is 0 Å². The third kappa shape index (κ3) is 4.44. The van der Waals surface area contributed by atoms with Gasteiger partial charge in [-0.05, 0) is 50.9 Å². The summed E-state index contributed by atoms with van der Waals surface area (Å²) in [7, 11) is 0. The van der Waals surface area contributed by atoms with Gasteiger partial charge in [0.2, 0.25) is 5.91 Å². The molecule has 1 fully saturated rings. The van der Waals surface area contributed by atoms with Crippen molar-refractivity contribution in [2.24, 2.45) is 0 Å². The van der Waals surface area contributed by atoms with E-state index in [2.05, 4.69) is 10.2 Å². The molecule has 1 amide bonds. The van der Waals surface area contributed by atoms with Crippen LogP contribution in [0.5, 0.6) is 0 Å². The molecule has 0 bridgehead atoms. The van der Waals surface area contributed by atoms with Gasteiger partial charge in [0.25, 0.3) is 0 Å². The van der Waals surface area contributed by atoms with Crippen LogP contribution in [0, 0.1) is 11.3 Å². The Hall–Kier alpha value is -1.61. The summed E-state index contributed by atoms with van der Waals surface area (Å²) < 4.78 is 0. The maximum Gasteiger partial charge on any atom is 0.238 e. The van der Waals surface area contributed by atoms with Crippen molar-refractivity contribution in [2.75, 3.05) is 18.4 Å². The molecule has 1 saturated heterocycles. The SMILES string of the molecule is CC(O)CC1CCCN1CC(=O)Nc1ccc(C#N)c(Cl)c1. The number of aliphatic hydroxyl groups excluding tert-OH is 1. The average molecular weight is 322 g/mol. The summed E-state index contributed by atoms with van der Waals surface area (Å²) in [5.41, 5.74) is 0.969. The van der Waals surface area contributed by atoms with Gasteiger partial charge in [-0.15, -0.1) is 0 Å². The molecule has 2 unspecified atom stereocenters. The topological polar surface area (TPSA) is 76.4 Å². The molecular formula is C16H20ClN3O2. The summed E-state index contributed by atoms with van der Waals surface area (Å²) >= 11 is 5.95. The maximum atomic E-state index is 12.1. The lowest BCUT2D eigenvalue weighted by atomic mass is 10.1. The number of hydrogen-bond donors (Lipinski definition) is 2. The second-order valence-corrected chi connectivity index (χ2v) is 6.11. The normalized spacial score (nSPS) is 19.6. The Kier molecular flexibility index (Phi) is 5.78. The molecule has 2 atom stereocenters. The van der Waals surface area contributed by atoms with Crippen LogP contribution in [0.15, 0.2) is 18.2 Å². The lowest BCUT2D eigenvalue weighted by Gasteiger charge is -2.24. The van der Waals surface area contributed by atoms with E-state index in [1.807, 2.05) is 6.07 Å². The van der Waals surface area contributed by atoms with Gasteiger partial charge in [-0.3, -0.25) is 9.69 Å². The van der Waals surface area contributed by atoms with E-state index >= 15 is 0 Å². The second kappa shape index (κ2) is 7.59. The largest absolute Gasteiger partial charge is 0.393 e. The molecule has 1 aliphatic rings. The fourth-order valence-electron chi connectivity index (χ4n) is 2.83. The number of halogens is 1. The molecular weight excluding hydrogens is 302 g/mol. The molecule has 1 aromatic rings. The number of carbonyl (C=O) groups excluding carboxylic acids is 1. The van der Waals surface area contributed by atoms with Gasteiger partial charge in [0, 0.05) is 11.7 Å². The Bertz CT molecular complexity index is 583. The van der Waals surface area contributed by atoms with Crippen LogP contribution in [0.4, 0.5) is 5.69 Å². The predicted octanol–water partition coefficient (Wildman–Crippen LogP) is 2.39. The minimum atomic E-state index is -0.356. The highest BCUT2D eigenvalue weighted by Gasteiger charge is 2.27. The van der Waals surface area contributed by atoms with Gasteiger partial charge in [0.05, 0.1) is 23.2 Å². The van der Waals surface area contributed by atoms with E-state index in [1.165, 1.54) is 0 Å². The first-order chi connectivity index (χ1) is 10.5. The standard InChI is InChI=1S/C16H20ClN3O2/c1-11(21)7-14-3-2-6-20(14)10-16(22)19-13-5-4-12(9-18)15(17)8-13/h4-5,8,11,14,21H,2-3,6-7,10H2,1H3,(H,19,22). The van der Waals surface area contributed by atoms with Gasteiger partial charge >= 0.3 is 0 Å². The predicted molar refractivity (Wildman–Crippen MR) is 85.7 cm³/mol. The molecule has 0 spiro atoms. The summed E-state index contributed by atoms with van der Waals surface area (Å²) in [4.78, 5) is 14.2. The summed E-state index contributed by atoms with van der Waals surface area (Å²) in [5, 5.41) is 21.5. The zero-order valence-corrected chi connectivity index (χ0v) is 13.3. The van der Waals surface area contributed by atoms with Crippen molar-refractivity contribution in [3.8, 4) is 6.07 Å². The van der Waals surface area contributed by atoms with Crippen LogP contribution < -0.4 is 5.32 Å². The first kappa shape index (κ1) is 16.8. The molecule has 0 saturated carbocycles. The number of anilines is 1. The summed E-state index contributed by atoms with van der Waals surface area (Å²) in [6.07, 6.45) is 2.40. The first-order valence-corrected chi connectivity index (χ1v) is 7.79. The van der Waals surface area contributed by atoms with E-state index in [0.717, 1.165) is 19.4 Å². The fourth-order valence-corrected chi connectivity index (χ4v) is 3.06. The lowest BCUT2D eigenvalue weighted by Crippen LogP contribution is -2.38. The number of nitrogens with one attached hydrogen (secondary N) is 1. The number of nitrogens with zero attached hydrogens (tertiary/aromatic N) is 2. The van der Waals surface area contributed by atoms with E-state index in [0.29, 0.717) is 29.2 Å². The molecule has 2 N–H and O–H groups in total. The Balaban J connectivity index is 1.92. The van der Waals surface area contributed by atoms with E-state index in [1.54, 1.807) is 25.1 Å². The van der Waals surface area contributed by atoms with Gasteiger partial charge in [-0.2, -0.15) is 5.26 Å². The minimum absolute atomic E-state index is 0.113. The van der Waals surface area contributed by atoms with E-state index in [9.17, 15) is 9.90 Å². The molecule has 1 aliphatic heterocycles. The van der Waals surface area contributed by atoms with Crippen molar-refractivity contribution < 1.29 is 9.90 Å². The zero-order chi connectivity index (χ0) is 16.1. The maximum absolute atomic E-state index is 12.1. The molecule has 22 heavy (non-hydrogen) atoms. The van der Waals surface area contributed by atoms with Crippen molar-refractivity contribution >= 4 is 23.2 Å². The van der Waals surface area contributed by atoms with E-state index in [-0.39, 0.29) is 18.1 Å². The van der Waals surface area contributed by atoms with Gasteiger partial charge < -0.3 is 10.4 Å². The monoisotopic (exact) mass is 321 g/mol. The van der Waals surface area contributed by atoms with Crippen molar-refractivity contribution in [3.63, 3.8) is 0 Å². The molecule has 1 heterocycles. The van der Waals surface area contributed by atoms with Gasteiger partial charge in [0.1, 0.15) is 6.07 Å². The quantitative estimate of drug-likeness (QED) is 0.873. The average Bonchev–Trinajstić information content (AvgIpc) is 2.85. The van der Waals surface area contributed by atoms with Crippen LogP contribution in [-0.4, -0.2) is 41.1 Å². The van der Waals surface area contributed by atoms with Crippen LogP contribution >= 0.6 is 11.6 Å². The third-order valence-electron chi connectivity index (χ3n) is 3.83. The minimum Gasteiger partial charge on any atom is -0.393 e. The number of nitriles is 1. The Morgan fingerprint density at radius 3 is 3.05 bits per heavy atom. The molecule has 1 aromatic carbocycles. The van der Waals surface area contributed by atoms with Crippen molar-refractivity contribution in [1.29, 1.82) is 5.26 Å². The van der Waals surface area contributed by atoms with Gasteiger partial charge in [-0.25, -0.2) is 0 Å². The number of hydrogen-bond acceptors (Lipinski definition) is 4. The van der Waals surface area contributed by atoms with E-state index < -0.39 is 0 Å².